The van der Waals surface area contributed by atoms with Crippen molar-refractivity contribution in [3.63, 3.8) is 0 Å². The van der Waals surface area contributed by atoms with E-state index in [9.17, 15) is 0 Å². The molecule has 1 aromatic heterocycles. The fraction of sp³-hybridized carbons (Fsp3) is 0.600. The summed E-state index contributed by atoms with van der Waals surface area (Å²) in [5.41, 5.74) is 0.181. The summed E-state index contributed by atoms with van der Waals surface area (Å²) in [4.78, 5) is 5.29. The van der Waals surface area contributed by atoms with Crippen LogP contribution in [-0.2, 0) is 13.1 Å². The summed E-state index contributed by atoms with van der Waals surface area (Å²) in [6.45, 7) is 16.7. The Kier molecular flexibility index (Phi) is 6.06. The van der Waals surface area contributed by atoms with Crippen LogP contribution in [0.2, 0.25) is 0 Å². The van der Waals surface area contributed by atoms with Gasteiger partial charge in [0.1, 0.15) is 0 Å². The predicted octanol–water partition coefficient (Wildman–Crippen LogP) is 3.64. The van der Waals surface area contributed by atoms with Gasteiger partial charge in [0.25, 0.3) is 0 Å². The fourth-order valence-electron chi connectivity index (χ4n) is 1.77. The highest BCUT2D eigenvalue weighted by Gasteiger charge is 2.20. The van der Waals surface area contributed by atoms with Crippen LogP contribution < -0.4 is 5.32 Å². The van der Waals surface area contributed by atoms with Crippen LogP contribution in [0.5, 0.6) is 0 Å². The quantitative estimate of drug-likeness (QED) is 0.758. The first kappa shape index (κ1) is 15.4. The first-order chi connectivity index (χ1) is 8.47. The van der Waals surface area contributed by atoms with E-state index in [1.54, 1.807) is 0 Å². The predicted molar refractivity (Wildman–Crippen MR) is 82.1 cm³/mol. The number of nitrogens with zero attached hydrogens (tertiary/aromatic N) is 1. The van der Waals surface area contributed by atoms with Crippen LogP contribution in [0, 0.1) is 0 Å². The highest BCUT2D eigenvalue weighted by Crippen LogP contribution is 2.22. The van der Waals surface area contributed by atoms with Crippen molar-refractivity contribution in [3.05, 3.63) is 34.5 Å². The van der Waals surface area contributed by atoms with Gasteiger partial charge in [0.2, 0.25) is 0 Å². The molecule has 102 valence electrons. The molecule has 1 heterocycles. The molecule has 0 radical (unpaired) electrons. The molecular formula is C15H26N2S. The molecule has 0 aliphatic heterocycles. The first-order valence-electron chi connectivity index (χ1n) is 6.61. The molecule has 3 heteroatoms. The van der Waals surface area contributed by atoms with Crippen LogP contribution in [0.25, 0.3) is 0 Å². The van der Waals surface area contributed by atoms with E-state index < -0.39 is 0 Å². The van der Waals surface area contributed by atoms with Crippen LogP contribution in [-0.4, -0.2) is 23.5 Å². The van der Waals surface area contributed by atoms with E-state index in [0.29, 0.717) is 0 Å². The second-order valence-electron chi connectivity index (χ2n) is 5.49. The monoisotopic (exact) mass is 266 g/mol. The number of hydrogen-bond donors (Lipinski definition) is 1. The maximum Gasteiger partial charge on any atom is 0.0336 e. The van der Waals surface area contributed by atoms with Crippen molar-refractivity contribution in [2.45, 2.75) is 46.3 Å². The van der Waals surface area contributed by atoms with Crippen LogP contribution >= 0.6 is 11.3 Å². The van der Waals surface area contributed by atoms with E-state index in [2.05, 4.69) is 56.6 Å². The molecular weight excluding hydrogens is 240 g/mol. The minimum absolute atomic E-state index is 0.181. The summed E-state index contributed by atoms with van der Waals surface area (Å²) in [5, 5.41) is 3.37. The van der Waals surface area contributed by atoms with E-state index in [1.807, 2.05) is 17.4 Å². The summed E-state index contributed by atoms with van der Waals surface area (Å²) in [5.74, 6) is 0. The van der Waals surface area contributed by atoms with Gasteiger partial charge >= 0.3 is 0 Å². The molecule has 0 aliphatic rings. The summed E-state index contributed by atoms with van der Waals surface area (Å²) < 4.78 is 0. The van der Waals surface area contributed by atoms with Crippen molar-refractivity contribution >= 4 is 11.3 Å². The van der Waals surface area contributed by atoms with Gasteiger partial charge < -0.3 is 5.32 Å². The second-order valence-corrected chi connectivity index (χ2v) is 6.74. The van der Waals surface area contributed by atoms with Gasteiger partial charge in [-0.05, 0) is 39.4 Å². The lowest BCUT2D eigenvalue weighted by molar-refractivity contribution is 0.147. The first-order valence-corrected chi connectivity index (χ1v) is 7.43. The van der Waals surface area contributed by atoms with Crippen molar-refractivity contribution in [1.82, 2.24) is 10.2 Å². The highest BCUT2D eigenvalue weighted by atomic mass is 32.1. The van der Waals surface area contributed by atoms with Gasteiger partial charge in [0.15, 0.2) is 0 Å². The molecule has 0 fully saturated rings. The number of thiophene rings is 1. The van der Waals surface area contributed by atoms with Crippen molar-refractivity contribution in [2.24, 2.45) is 0 Å². The fourth-order valence-corrected chi connectivity index (χ4v) is 2.77. The van der Waals surface area contributed by atoms with Crippen LogP contribution in [0.4, 0.5) is 0 Å². The lowest BCUT2D eigenvalue weighted by atomic mass is 10.1. The zero-order chi connectivity index (χ0) is 13.6. The number of hydrogen-bond acceptors (Lipinski definition) is 3. The lowest BCUT2D eigenvalue weighted by Crippen LogP contribution is -2.40. The maximum absolute atomic E-state index is 3.85. The van der Waals surface area contributed by atoms with Gasteiger partial charge in [-0.15, -0.1) is 17.9 Å². The second kappa shape index (κ2) is 7.07. The number of rotatable bonds is 7. The molecule has 1 rings (SSSR count). The van der Waals surface area contributed by atoms with Gasteiger partial charge in [-0.1, -0.05) is 13.0 Å². The Balaban J connectivity index is 2.63. The van der Waals surface area contributed by atoms with Crippen molar-refractivity contribution < 1.29 is 0 Å². The molecule has 1 aromatic rings. The summed E-state index contributed by atoms with van der Waals surface area (Å²) in [7, 11) is 0. The minimum atomic E-state index is 0.181. The Morgan fingerprint density at radius 3 is 2.56 bits per heavy atom. The van der Waals surface area contributed by atoms with Gasteiger partial charge in [-0.2, -0.15) is 0 Å². The van der Waals surface area contributed by atoms with Crippen molar-refractivity contribution in [3.8, 4) is 0 Å². The zero-order valence-electron chi connectivity index (χ0n) is 12.1. The van der Waals surface area contributed by atoms with E-state index in [-0.39, 0.29) is 5.54 Å². The third-order valence-electron chi connectivity index (χ3n) is 2.91. The molecule has 0 saturated heterocycles. The van der Waals surface area contributed by atoms with E-state index in [1.165, 1.54) is 9.75 Å². The van der Waals surface area contributed by atoms with E-state index in [0.717, 1.165) is 26.2 Å². The molecule has 0 bridgehead atoms. The zero-order valence-corrected chi connectivity index (χ0v) is 12.9. The van der Waals surface area contributed by atoms with Gasteiger partial charge in [0, 0.05) is 34.9 Å². The maximum atomic E-state index is 3.85. The Hall–Kier alpha value is -0.640. The Morgan fingerprint density at radius 2 is 2.00 bits per heavy atom. The average Bonchev–Trinajstić information content (AvgIpc) is 2.72. The van der Waals surface area contributed by atoms with Crippen molar-refractivity contribution in [2.75, 3.05) is 13.1 Å². The molecule has 0 unspecified atom stereocenters. The summed E-state index contributed by atoms with van der Waals surface area (Å²) in [6, 6.07) is 4.48. The topological polar surface area (TPSA) is 15.3 Å². The van der Waals surface area contributed by atoms with Crippen LogP contribution in [0.1, 0.15) is 37.4 Å². The van der Waals surface area contributed by atoms with Gasteiger partial charge in [-0.25, -0.2) is 0 Å². The molecule has 0 atom stereocenters. The highest BCUT2D eigenvalue weighted by molar-refractivity contribution is 7.11. The normalized spacial score (nSPS) is 12.1. The van der Waals surface area contributed by atoms with E-state index in [4.69, 9.17) is 0 Å². The molecule has 0 aromatic carbocycles. The minimum Gasteiger partial charge on any atom is -0.312 e. The molecule has 0 aliphatic carbocycles. The van der Waals surface area contributed by atoms with Crippen molar-refractivity contribution in [1.29, 1.82) is 0 Å². The van der Waals surface area contributed by atoms with Crippen LogP contribution in [0.3, 0.4) is 0 Å². The molecule has 2 nitrogen and oxygen atoms in total. The molecule has 0 amide bonds. The average molecular weight is 266 g/mol. The van der Waals surface area contributed by atoms with Gasteiger partial charge in [-0.3, -0.25) is 4.90 Å². The van der Waals surface area contributed by atoms with Crippen LogP contribution in [0.15, 0.2) is 24.8 Å². The third-order valence-corrected chi connectivity index (χ3v) is 3.98. The standard InChI is InChI=1S/C15H26N2S/c1-6-10-17(15(3,4)5)12-14-9-8-13(18-14)11-16-7-2/h6,8-9,16H,1,7,10-12H2,2-5H3. The Labute approximate surface area is 116 Å². The van der Waals surface area contributed by atoms with Gasteiger partial charge in [0.05, 0.1) is 0 Å². The Bertz CT molecular complexity index is 363. The molecule has 0 saturated carbocycles. The summed E-state index contributed by atoms with van der Waals surface area (Å²) in [6.07, 6.45) is 1.98. The smallest absolute Gasteiger partial charge is 0.0336 e. The Morgan fingerprint density at radius 1 is 1.33 bits per heavy atom. The largest absolute Gasteiger partial charge is 0.312 e. The lowest BCUT2D eigenvalue weighted by Gasteiger charge is -2.34. The SMILES string of the molecule is C=CCN(Cc1ccc(CNCC)s1)C(C)(C)C. The van der Waals surface area contributed by atoms with E-state index >= 15 is 0 Å². The molecule has 18 heavy (non-hydrogen) atoms. The third kappa shape index (κ3) is 4.92. The molecule has 0 spiro atoms. The molecule has 1 N–H and O–H groups in total. The summed E-state index contributed by atoms with van der Waals surface area (Å²) >= 11 is 1.90. The number of nitrogens with one attached hydrogen (secondary N) is 1.